The Morgan fingerprint density at radius 2 is 1.45 bits per heavy atom. The quantitative estimate of drug-likeness (QED) is 0.699. The van der Waals surface area contributed by atoms with Gasteiger partial charge in [-0.15, -0.1) is 0 Å². The summed E-state index contributed by atoms with van der Waals surface area (Å²) >= 11 is 0. The van der Waals surface area contributed by atoms with Crippen molar-refractivity contribution in [1.82, 2.24) is 4.90 Å². The van der Waals surface area contributed by atoms with E-state index >= 15 is 0 Å². The van der Waals surface area contributed by atoms with Crippen molar-refractivity contribution in [3.8, 4) is 0 Å². The van der Waals surface area contributed by atoms with Crippen LogP contribution < -0.4 is 10.4 Å². The van der Waals surface area contributed by atoms with E-state index in [9.17, 15) is 19.8 Å². The number of fused-ring (bicyclic) bond motifs is 2. The Labute approximate surface area is 183 Å². The zero-order valence-electron chi connectivity index (χ0n) is 18.1. The number of aliphatic carboxylic acids is 1. The molecule has 164 valence electrons. The Balaban J connectivity index is 1.80. The van der Waals surface area contributed by atoms with Crippen molar-refractivity contribution in [2.24, 2.45) is 5.92 Å². The predicted molar refractivity (Wildman–Crippen MR) is 120 cm³/mol. The molecule has 6 nitrogen and oxygen atoms in total. The second-order valence-electron chi connectivity index (χ2n) is 9.58. The van der Waals surface area contributed by atoms with Crippen LogP contribution in [0, 0.1) is 5.92 Å². The molecule has 2 aromatic carbocycles. The molecule has 1 aliphatic carbocycles. The van der Waals surface area contributed by atoms with Crippen molar-refractivity contribution in [2.75, 3.05) is 0 Å². The lowest BCUT2D eigenvalue weighted by Crippen LogP contribution is -2.69. The number of carboxylic acid groups (broad SMARTS) is 2. The molecule has 1 amide bonds. The molecule has 2 bridgehead atoms. The van der Waals surface area contributed by atoms with Gasteiger partial charge >= 0.3 is 12.1 Å². The fourth-order valence-electron chi connectivity index (χ4n) is 5.63. The number of rotatable bonds is 5. The summed E-state index contributed by atoms with van der Waals surface area (Å²) in [6.07, 6.45) is -0.394. The van der Waals surface area contributed by atoms with Gasteiger partial charge in [-0.05, 0) is 28.3 Å². The number of hydrogen-bond donors (Lipinski definition) is 2. The Morgan fingerprint density at radius 1 is 0.935 bits per heavy atom. The minimum Gasteiger partial charge on any atom is -0.480 e. The molecular weight excluding hydrogens is 410 g/mol. The molecule has 0 aromatic heterocycles. The van der Waals surface area contributed by atoms with Crippen molar-refractivity contribution in [3.05, 3.63) is 60.7 Å². The lowest BCUT2D eigenvalue weighted by molar-refractivity contribution is -0.145. The monoisotopic (exact) mass is 439 g/mol. The van der Waals surface area contributed by atoms with Gasteiger partial charge in [-0.2, -0.15) is 0 Å². The highest BCUT2D eigenvalue weighted by Crippen LogP contribution is 2.47. The maximum atomic E-state index is 12.0. The van der Waals surface area contributed by atoms with Gasteiger partial charge in [-0.1, -0.05) is 81.4 Å². The molecule has 1 saturated carbocycles. The molecule has 0 radical (unpaired) electrons. The standard InChI is InChI=1S/C24H29NO5Si/c1-24(2,3)31(17-10-6-4-7-11-17,18-12-8-5-9-13-18)30-20-15-16-14-19(20)21(22(26)27)25(16)23(28)29/h4-13,16,19-21H,14-15H2,1-3H3,(H,26,27)(H,28,29)/t16-,19+,20+,21-/m0/s1. The van der Waals surface area contributed by atoms with Crippen molar-refractivity contribution in [3.63, 3.8) is 0 Å². The zero-order valence-corrected chi connectivity index (χ0v) is 19.1. The minimum absolute atomic E-state index is 0.219. The number of amides is 1. The molecule has 2 aliphatic rings. The smallest absolute Gasteiger partial charge is 0.408 e. The van der Waals surface area contributed by atoms with Crippen LogP contribution in [0.1, 0.15) is 33.6 Å². The van der Waals surface area contributed by atoms with Gasteiger partial charge in [-0.3, -0.25) is 4.90 Å². The Kier molecular flexibility index (Phi) is 5.43. The van der Waals surface area contributed by atoms with E-state index in [-0.39, 0.29) is 23.1 Å². The average molecular weight is 440 g/mol. The van der Waals surface area contributed by atoms with E-state index in [4.69, 9.17) is 4.43 Å². The summed E-state index contributed by atoms with van der Waals surface area (Å²) < 4.78 is 7.13. The SMILES string of the molecule is CC(C)(C)[Si](O[C@@H]1C[C@@H]2C[C@H]1[C@@H](C(=O)O)N2C(=O)O)(c1ccccc1)c1ccccc1. The summed E-state index contributed by atoms with van der Waals surface area (Å²) in [5, 5.41) is 21.5. The fraction of sp³-hybridized carbons (Fsp3) is 0.417. The zero-order chi connectivity index (χ0) is 22.4. The average Bonchev–Trinajstić information content (AvgIpc) is 3.30. The maximum Gasteiger partial charge on any atom is 0.408 e. The number of nitrogens with zero attached hydrogens (tertiary/aromatic N) is 1. The molecule has 0 spiro atoms. The molecule has 0 unspecified atom stereocenters. The maximum absolute atomic E-state index is 12.0. The first-order valence-corrected chi connectivity index (χ1v) is 12.6. The molecule has 4 rings (SSSR count). The lowest BCUT2D eigenvalue weighted by Gasteiger charge is -2.47. The fourth-order valence-corrected chi connectivity index (χ4v) is 10.4. The van der Waals surface area contributed by atoms with E-state index in [1.807, 2.05) is 36.4 Å². The third kappa shape index (κ3) is 3.45. The van der Waals surface area contributed by atoms with E-state index in [0.717, 1.165) is 15.3 Å². The van der Waals surface area contributed by atoms with E-state index in [2.05, 4.69) is 45.0 Å². The van der Waals surface area contributed by atoms with Gasteiger partial charge in [0.25, 0.3) is 8.32 Å². The highest BCUT2D eigenvalue weighted by atomic mass is 28.4. The van der Waals surface area contributed by atoms with E-state index < -0.39 is 26.4 Å². The van der Waals surface area contributed by atoms with Crippen LogP contribution in [0.4, 0.5) is 4.79 Å². The van der Waals surface area contributed by atoms with Crippen molar-refractivity contribution < 1.29 is 24.2 Å². The molecule has 7 heteroatoms. The molecule has 2 aromatic rings. The number of carboxylic acids is 1. The summed E-state index contributed by atoms with van der Waals surface area (Å²) in [4.78, 5) is 24.9. The summed E-state index contributed by atoms with van der Waals surface area (Å²) in [5.41, 5.74) is 0. The third-order valence-corrected chi connectivity index (χ3v) is 11.9. The normalized spacial score (nSPS) is 25.6. The van der Waals surface area contributed by atoms with E-state index in [1.165, 1.54) is 0 Å². The Hall–Kier alpha value is -2.64. The second-order valence-corrected chi connectivity index (χ2v) is 13.8. The highest BCUT2D eigenvalue weighted by Gasteiger charge is 2.60. The van der Waals surface area contributed by atoms with Crippen LogP contribution >= 0.6 is 0 Å². The molecular formula is C24H29NO5Si. The number of hydrogen-bond acceptors (Lipinski definition) is 3. The highest BCUT2D eigenvalue weighted by molar-refractivity contribution is 6.99. The third-order valence-electron chi connectivity index (χ3n) is 6.84. The summed E-state index contributed by atoms with van der Waals surface area (Å²) in [6.45, 7) is 6.56. The lowest BCUT2D eigenvalue weighted by atomic mass is 9.96. The van der Waals surface area contributed by atoms with Crippen molar-refractivity contribution in [2.45, 2.75) is 56.8 Å². The largest absolute Gasteiger partial charge is 0.480 e. The van der Waals surface area contributed by atoms with Gasteiger partial charge < -0.3 is 14.6 Å². The molecule has 1 aliphatic heterocycles. The molecule has 4 atom stereocenters. The number of piperidine rings is 1. The van der Waals surface area contributed by atoms with Crippen LogP contribution in [0.2, 0.25) is 5.04 Å². The van der Waals surface area contributed by atoms with Crippen LogP contribution in [0.25, 0.3) is 0 Å². The van der Waals surface area contributed by atoms with Crippen LogP contribution in [0.3, 0.4) is 0 Å². The first kappa shape index (κ1) is 21.6. The van der Waals surface area contributed by atoms with Crippen LogP contribution in [0.15, 0.2) is 60.7 Å². The van der Waals surface area contributed by atoms with Gasteiger partial charge in [0.1, 0.15) is 6.04 Å². The predicted octanol–water partition coefficient (Wildman–Crippen LogP) is 3.16. The molecule has 2 N–H and O–H groups in total. The van der Waals surface area contributed by atoms with Crippen LogP contribution in [-0.2, 0) is 9.22 Å². The van der Waals surface area contributed by atoms with E-state index in [0.29, 0.717) is 12.8 Å². The van der Waals surface area contributed by atoms with Crippen LogP contribution in [-0.4, -0.2) is 53.7 Å². The van der Waals surface area contributed by atoms with Gasteiger partial charge in [0.05, 0.1) is 6.10 Å². The number of benzene rings is 2. The number of likely N-dealkylation sites (tertiary alicyclic amines) is 1. The molecule has 1 saturated heterocycles. The number of carbonyl (C=O) groups is 2. The van der Waals surface area contributed by atoms with Gasteiger partial charge in [-0.25, -0.2) is 9.59 Å². The Morgan fingerprint density at radius 3 is 1.87 bits per heavy atom. The van der Waals surface area contributed by atoms with Crippen molar-refractivity contribution >= 4 is 30.8 Å². The first-order valence-electron chi connectivity index (χ1n) is 10.7. The van der Waals surface area contributed by atoms with Gasteiger partial charge in [0, 0.05) is 12.0 Å². The summed E-state index contributed by atoms with van der Waals surface area (Å²) in [7, 11) is -2.82. The van der Waals surface area contributed by atoms with E-state index in [1.54, 1.807) is 0 Å². The van der Waals surface area contributed by atoms with Crippen molar-refractivity contribution in [1.29, 1.82) is 0 Å². The minimum atomic E-state index is -2.82. The van der Waals surface area contributed by atoms with Gasteiger partial charge in [0.2, 0.25) is 0 Å². The summed E-state index contributed by atoms with van der Waals surface area (Å²) in [5.74, 6) is -1.44. The topological polar surface area (TPSA) is 87.1 Å². The molecule has 31 heavy (non-hydrogen) atoms. The molecule has 2 fully saturated rings. The summed E-state index contributed by atoms with van der Waals surface area (Å²) in [6, 6.07) is 19.1. The van der Waals surface area contributed by atoms with Crippen LogP contribution in [0.5, 0.6) is 0 Å². The second kappa shape index (κ2) is 7.80. The first-order chi connectivity index (χ1) is 14.7. The van der Waals surface area contributed by atoms with Gasteiger partial charge in [0.15, 0.2) is 0 Å². The molecule has 1 heterocycles. The Bertz CT molecular complexity index is 919.